The molecule has 0 saturated carbocycles. The van der Waals surface area contributed by atoms with E-state index in [1.807, 2.05) is 13.8 Å². The molecule has 6 heteroatoms. The fraction of sp³-hybridized carbons (Fsp3) is 0.971. The van der Waals surface area contributed by atoms with Crippen LogP contribution in [0.15, 0.2) is 0 Å². The molecule has 0 atom stereocenters. The number of rotatable bonds is 5. The Kier molecular flexibility index (Phi) is 21.6. The minimum absolute atomic E-state index is 0.0972. The molecular formula is C35H72F3NO2. The lowest BCUT2D eigenvalue weighted by Gasteiger charge is -2.41. The molecule has 0 radical (unpaired) electrons. The second-order valence-corrected chi connectivity index (χ2v) is 16.5. The van der Waals surface area contributed by atoms with Gasteiger partial charge in [-0.3, -0.25) is 0 Å². The van der Waals surface area contributed by atoms with Gasteiger partial charge >= 0.3 is 6.18 Å². The quantitative estimate of drug-likeness (QED) is 0.344. The number of aliphatic hydroxyl groups is 1. The molecule has 3 nitrogen and oxygen atoms in total. The van der Waals surface area contributed by atoms with Gasteiger partial charge in [-0.25, -0.2) is 0 Å². The van der Waals surface area contributed by atoms with Crippen LogP contribution in [0.4, 0.5) is 13.2 Å². The molecule has 1 N–H and O–H groups in total. The van der Waals surface area contributed by atoms with Gasteiger partial charge in [0.05, 0.1) is 30.1 Å². The maximum Gasteiger partial charge on any atom is 0.394 e. The molecule has 0 spiro atoms. The van der Waals surface area contributed by atoms with Crippen LogP contribution in [0.3, 0.4) is 0 Å². The van der Waals surface area contributed by atoms with Crippen molar-refractivity contribution < 1.29 is 23.0 Å². The second kappa shape index (κ2) is 18.8. The highest BCUT2D eigenvalue weighted by molar-refractivity contribution is 4.93. The summed E-state index contributed by atoms with van der Waals surface area (Å²) in [6.45, 7) is 42.3. The van der Waals surface area contributed by atoms with Crippen LogP contribution in [0.2, 0.25) is 0 Å². The van der Waals surface area contributed by atoms with E-state index in [0.717, 1.165) is 25.0 Å². The molecule has 41 heavy (non-hydrogen) atoms. The molecule has 1 aliphatic rings. The molecule has 0 aromatic carbocycles. The van der Waals surface area contributed by atoms with Crippen molar-refractivity contribution in [1.29, 1.82) is 5.26 Å². The fourth-order valence-corrected chi connectivity index (χ4v) is 1.40. The SMILES string of the molecule is CC(C)C(C)(C)C.CC(C)C(C)(C)C#N.CC(C)C(C)(C)C(F)(F)F.CC(C)C(C)(C)CO.CC(C)C1(C)COC1. The van der Waals surface area contributed by atoms with Gasteiger partial charge in [0.2, 0.25) is 0 Å². The van der Waals surface area contributed by atoms with Gasteiger partial charge in [-0.2, -0.15) is 18.4 Å². The van der Waals surface area contributed by atoms with E-state index in [0.29, 0.717) is 22.7 Å². The summed E-state index contributed by atoms with van der Waals surface area (Å²) in [4.78, 5) is 0. The van der Waals surface area contributed by atoms with Crippen LogP contribution < -0.4 is 0 Å². The number of hydrogen-bond acceptors (Lipinski definition) is 3. The van der Waals surface area contributed by atoms with E-state index in [-0.39, 0.29) is 23.4 Å². The van der Waals surface area contributed by atoms with Crippen LogP contribution in [0.25, 0.3) is 0 Å². The van der Waals surface area contributed by atoms with Gasteiger partial charge in [0.25, 0.3) is 0 Å². The fourth-order valence-electron chi connectivity index (χ4n) is 1.40. The number of halogens is 3. The first kappa shape index (κ1) is 47.1. The first-order valence-electron chi connectivity index (χ1n) is 15.5. The Morgan fingerprint density at radius 2 is 1.05 bits per heavy atom. The molecule has 250 valence electrons. The Balaban J connectivity index is -0.000000210. The van der Waals surface area contributed by atoms with E-state index < -0.39 is 11.6 Å². The monoisotopic (exact) mass is 596 g/mol. The Morgan fingerprint density at radius 3 is 1.05 bits per heavy atom. The molecule has 0 unspecified atom stereocenters. The summed E-state index contributed by atoms with van der Waals surface area (Å²) in [5, 5.41) is 17.3. The average Bonchev–Trinajstić information content (AvgIpc) is 2.77. The zero-order chi connectivity index (χ0) is 34.4. The number of nitriles is 1. The van der Waals surface area contributed by atoms with Crippen LogP contribution in [0, 0.1) is 68.0 Å². The van der Waals surface area contributed by atoms with Gasteiger partial charge in [0.15, 0.2) is 0 Å². The molecule has 1 aliphatic heterocycles. The van der Waals surface area contributed by atoms with Crippen molar-refractivity contribution in [3.8, 4) is 6.07 Å². The highest BCUT2D eigenvalue weighted by atomic mass is 19.4. The van der Waals surface area contributed by atoms with E-state index >= 15 is 0 Å². The third-order valence-electron chi connectivity index (χ3n) is 9.87. The third kappa shape index (κ3) is 19.9. The minimum Gasteiger partial charge on any atom is -0.396 e. The Bertz CT molecular complexity index is 685. The van der Waals surface area contributed by atoms with Gasteiger partial charge in [0.1, 0.15) is 0 Å². The predicted molar refractivity (Wildman–Crippen MR) is 173 cm³/mol. The van der Waals surface area contributed by atoms with Crippen molar-refractivity contribution in [2.24, 2.45) is 56.7 Å². The topological polar surface area (TPSA) is 53.2 Å². The lowest BCUT2D eigenvalue weighted by molar-refractivity contribution is -0.225. The molecule has 0 bridgehead atoms. The van der Waals surface area contributed by atoms with E-state index in [4.69, 9.17) is 15.1 Å². The van der Waals surface area contributed by atoms with Crippen molar-refractivity contribution in [2.45, 2.75) is 145 Å². The number of nitrogens with zero attached hydrogens (tertiary/aromatic N) is 1. The van der Waals surface area contributed by atoms with E-state index in [9.17, 15) is 13.2 Å². The molecule has 0 aliphatic carbocycles. The van der Waals surface area contributed by atoms with Gasteiger partial charge in [-0.05, 0) is 54.3 Å². The molecule has 1 heterocycles. The molecule has 1 rings (SSSR count). The normalized spacial score (nSPS) is 15.4. The highest BCUT2D eigenvalue weighted by Gasteiger charge is 2.49. The highest BCUT2D eigenvalue weighted by Crippen LogP contribution is 2.43. The Labute approximate surface area is 255 Å². The van der Waals surface area contributed by atoms with Crippen LogP contribution in [0.5, 0.6) is 0 Å². The van der Waals surface area contributed by atoms with Crippen LogP contribution in [0.1, 0.15) is 138 Å². The standard InChI is InChI=1S/C7H13F3.C7H13N.C7H14O.C7H16O.C7H16/c1-5(2)6(3,4)7(8,9)10;1-6(2)7(3,4)5-8;1-6(2)7(3)4-8-5-7;1-6(2)7(3,4)5-8;1-6(2)7(3,4)5/h5H,1-4H3;6H,1-4H3;6H,4-5H2,1-3H3;6,8H,5H2,1-4H3;6H,1-5H3. The van der Waals surface area contributed by atoms with Crippen molar-refractivity contribution >= 4 is 0 Å². The lowest BCUT2D eigenvalue weighted by atomic mass is 9.78. The van der Waals surface area contributed by atoms with Crippen LogP contribution in [-0.4, -0.2) is 31.1 Å². The van der Waals surface area contributed by atoms with Crippen molar-refractivity contribution in [2.75, 3.05) is 19.8 Å². The summed E-state index contributed by atoms with van der Waals surface area (Å²) < 4.78 is 41.4. The molecular weight excluding hydrogens is 523 g/mol. The van der Waals surface area contributed by atoms with Crippen LogP contribution in [-0.2, 0) is 4.74 Å². The first-order chi connectivity index (χ1) is 17.8. The van der Waals surface area contributed by atoms with Gasteiger partial charge in [-0.1, -0.05) is 125 Å². The number of ether oxygens (including phenoxy) is 1. The van der Waals surface area contributed by atoms with E-state index in [1.165, 1.54) is 13.8 Å². The molecule has 0 aromatic heterocycles. The maximum absolute atomic E-state index is 12.1. The maximum atomic E-state index is 12.1. The van der Waals surface area contributed by atoms with Crippen molar-refractivity contribution in [1.82, 2.24) is 0 Å². The van der Waals surface area contributed by atoms with E-state index in [2.05, 4.69) is 103 Å². The largest absolute Gasteiger partial charge is 0.396 e. The van der Waals surface area contributed by atoms with Gasteiger partial charge < -0.3 is 9.84 Å². The zero-order valence-electron chi connectivity index (χ0n) is 30.9. The minimum atomic E-state index is -4.08. The first-order valence-corrected chi connectivity index (χ1v) is 15.5. The zero-order valence-corrected chi connectivity index (χ0v) is 30.9. The summed E-state index contributed by atoms with van der Waals surface area (Å²) in [6, 6.07) is 2.24. The van der Waals surface area contributed by atoms with Gasteiger partial charge in [0, 0.05) is 12.0 Å². The summed E-state index contributed by atoms with van der Waals surface area (Å²) in [5.41, 5.74) is -0.618. The van der Waals surface area contributed by atoms with E-state index in [1.54, 1.807) is 13.8 Å². The number of hydrogen-bond donors (Lipinski definition) is 1. The lowest BCUT2D eigenvalue weighted by Crippen LogP contribution is -2.43. The summed E-state index contributed by atoms with van der Waals surface area (Å²) in [6.07, 6.45) is -4.08. The number of alkyl halides is 3. The number of aliphatic hydroxyl groups excluding tert-OH is 1. The summed E-state index contributed by atoms with van der Waals surface area (Å²) in [5.74, 6) is 2.22. The Morgan fingerprint density at radius 1 is 0.707 bits per heavy atom. The van der Waals surface area contributed by atoms with Gasteiger partial charge in [-0.15, -0.1) is 0 Å². The van der Waals surface area contributed by atoms with Crippen LogP contribution >= 0.6 is 0 Å². The molecule has 0 aromatic rings. The Hall–Kier alpha value is -0.800. The predicted octanol–water partition coefficient (Wildman–Crippen LogP) is 11.5. The molecule has 1 saturated heterocycles. The molecule has 1 fully saturated rings. The third-order valence-corrected chi connectivity index (χ3v) is 9.87. The average molecular weight is 596 g/mol. The van der Waals surface area contributed by atoms with Crippen molar-refractivity contribution in [3.63, 3.8) is 0 Å². The second-order valence-electron chi connectivity index (χ2n) is 16.5. The summed E-state index contributed by atoms with van der Waals surface area (Å²) in [7, 11) is 0. The summed E-state index contributed by atoms with van der Waals surface area (Å²) >= 11 is 0. The smallest absolute Gasteiger partial charge is 0.394 e. The molecule has 0 amide bonds. The van der Waals surface area contributed by atoms with Crippen molar-refractivity contribution in [3.05, 3.63) is 0 Å².